The standard InChI is InChI=1S/C23H32N2O2/c1-16(2)27-13-5-12-24-23(26)19-7-9-21(10-8-19)25-18(4)15-20-14-17(3)6-11-22(20)25/h7-10,15-17H,5-6,11-14H2,1-4H3,(H,24,26). The van der Waals surface area contributed by atoms with Gasteiger partial charge in [-0.25, -0.2) is 0 Å². The molecular formula is C23H32N2O2. The van der Waals surface area contributed by atoms with Crippen molar-refractivity contribution in [1.29, 1.82) is 0 Å². The van der Waals surface area contributed by atoms with E-state index in [4.69, 9.17) is 4.74 Å². The van der Waals surface area contributed by atoms with E-state index in [1.165, 1.54) is 29.8 Å². The Kier molecular flexibility index (Phi) is 6.38. The molecule has 1 aliphatic carbocycles. The molecule has 4 nitrogen and oxygen atoms in total. The molecule has 1 aliphatic rings. The first-order chi connectivity index (χ1) is 13.0. The van der Waals surface area contributed by atoms with Crippen LogP contribution in [0.25, 0.3) is 5.69 Å². The molecule has 4 heteroatoms. The molecule has 0 saturated heterocycles. The summed E-state index contributed by atoms with van der Waals surface area (Å²) in [7, 11) is 0. The zero-order valence-corrected chi connectivity index (χ0v) is 17.0. The quantitative estimate of drug-likeness (QED) is 0.734. The van der Waals surface area contributed by atoms with E-state index in [1.54, 1.807) is 0 Å². The molecule has 0 spiro atoms. The molecule has 1 aromatic heterocycles. The van der Waals surface area contributed by atoms with Crippen LogP contribution < -0.4 is 5.32 Å². The highest BCUT2D eigenvalue weighted by Gasteiger charge is 2.21. The van der Waals surface area contributed by atoms with E-state index in [1.807, 2.05) is 26.0 Å². The van der Waals surface area contributed by atoms with Crippen molar-refractivity contribution in [2.45, 2.75) is 59.5 Å². The normalized spacial score (nSPS) is 16.4. The molecule has 0 saturated carbocycles. The number of ether oxygens (including phenoxy) is 1. The highest BCUT2D eigenvalue weighted by molar-refractivity contribution is 5.94. The molecule has 0 fully saturated rings. The lowest BCUT2D eigenvalue weighted by atomic mass is 9.89. The monoisotopic (exact) mass is 368 g/mol. The summed E-state index contributed by atoms with van der Waals surface area (Å²) >= 11 is 0. The van der Waals surface area contributed by atoms with Crippen molar-refractivity contribution < 1.29 is 9.53 Å². The van der Waals surface area contributed by atoms with E-state index < -0.39 is 0 Å². The largest absolute Gasteiger partial charge is 0.379 e. The SMILES string of the molecule is Cc1cc2c(n1-c1ccc(C(=O)NCCCOC(C)C)cc1)CCC(C)C2. The van der Waals surface area contributed by atoms with Crippen LogP contribution in [0.4, 0.5) is 0 Å². The number of benzene rings is 1. The molecule has 1 unspecified atom stereocenters. The second kappa shape index (κ2) is 8.75. The molecule has 1 amide bonds. The van der Waals surface area contributed by atoms with Gasteiger partial charge in [0.2, 0.25) is 0 Å². The Morgan fingerprint density at radius 3 is 2.74 bits per heavy atom. The van der Waals surface area contributed by atoms with Crippen molar-refractivity contribution in [2.75, 3.05) is 13.2 Å². The summed E-state index contributed by atoms with van der Waals surface area (Å²) in [6.07, 6.45) is 4.61. The van der Waals surface area contributed by atoms with Crippen LogP contribution in [0.3, 0.4) is 0 Å². The Balaban J connectivity index is 1.63. The van der Waals surface area contributed by atoms with Gasteiger partial charge in [-0.1, -0.05) is 6.92 Å². The van der Waals surface area contributed by atoms with Crippen molar-refractivity contribution in [3.05, 3.63) is 52.8 Å². The van der Waals surface area contributed by atoms with Crippen molar-refractivity contribution in [2.24, 2.45) is 5.92 Å². The number of amides is 1. The topological polar surface area (TPSA) is 43.3 Å². The first kappa shape index (κ1) is 19.7. The molecule has 0 bridgehead atoms. The van der Waals surface area contributed by atoms with Crippen molar-refractivity contribution >= 4 is 5.91 Å². The van der Waals surface area contributed by atoms with Crippen LogP contribution in [0.2, 0.25) is 0 Å². The van der Waals surface area contributed by atoms with Gasteiger partial charge in [0.25, 0.3) is 5.91 Å². The van der Waals surface area contributed by atoms with Gasteiger partial charge in [-0.2, -0.15) is 0 Å². The number of aryl methyl sites for hydroxylation is 1. The fraction of sp³-hybridized carbons (Fsp3) is 0.522. The molecule has 1 atom stereocenters. The molecule has 2 aromatic rings. The van der Waals surface area contributed by atoms with Gasteiger partial charge in [0.15, 0.2) is 0 Å². The average Bonchev–Trinajstić information content (AvgIpc) is 2.96. The van der Waals surface area contributed by atoms with E-state index in [2.05, 4.69) is 41.9 Å². The lowest BCUT2D eigenvalue weighted by Crippen LogP contribution is -2.25. The second-order valence-electron chi connectivity index (χ2n) is 8.02. The number of nitrogens with zero attached hydrogens (tertiary/aromatic N) is 1. The molecule has 3 rings (SSSR count). The highest BCUT2D eigenvalue weighted by Crippen LogP contribution is 2.30. The van der Waals surface area contributed by atoms with E-state index >= 15 is 0 Å². The summed E-state index contributed by atoms with van der Waals surface area (Å²) in [5.74, 6) is 0.746. The van der Waals surface area contributed by atoms with Gasteiger partial charge in [0.05, 0.1) is 6.10 Å². The average molecular weight is 369 g/mol. The number of nitrogens with one attached hydrogen (secondary N) is 1. The molecule has 0 aliphatic heterocycles. The fourth-order valence-electron chi connectivity index (χ4n) is 3.88. The van der Waals surface area contributed by atoms with Crippen molar-refractivity contribution in [1.82, 2.24) is 9.88 Å². The zero-order chi connectivity index (χ0) is 19.4. The Morgan fingerprint density at radius 1 is 1.30 bits per heavy atom. The third-order valence-electron chi connectivity index (χ3n) is 5.26. The molecule has 146 valence electrons. The van der Waals surface area contributed by atoms with Crippen LogP contribution in [0, 0.1) is 12.8 Å². The summed E-state index contributed by atoms with van der Waals surface area (Å²) in [4.78, 5) is 12.3. The number of carbonyl (C=O) groups excluding carboxylic acids is 1. The highest BCUT2D eigenvalue weighted by atomic mass is 16.5. The van der Waals surface area contributed by atoms with Crippen LogP contribution in [0.5, 0.6) is 0 Å². The Hall–Kier alpha value is -2.07. The lowest BCUT2D eigenvalue weighted by Gasteiger charge is -2.21. The predicted octanol–water partition coefficient (Wildman–Crippen LogP) is 4.46. The number of fused-ring (bicyclic) bond motifs is 1. The summed E-state index contributed by atoms with van der Waals surface area (Å²) in [6, 6.07) is 10.3. The molecular weight excluding hydrogens is 336 g/mol. The van der Waals surface area contributed by atoms with Gasteiger partial charge in [0, 0.05) is 35.8 Å². The van der Waals surface area contributed by atoms with Gasteiger partial charge in [-0.3, -0.25) is 4.79 Å². The number of hydrogen-bond acceptors (Lipinski definition) is 2. The van der Waals surface area contributed by atoms with Crippen molar-refractivity contribution in [3.8, 4) is 5.69 Å². The number of carbonyl (C=O) groups is 1. The lowest BCUT2D eigenvalue weighted by molar-refractivity contribution is 0.0757. The predicted molar refractivity (Wildman–Crippen MR) is 110 cm³/mol. The Labute approximate surface area is 162 Å². The maximum absolute atomic E-state index is 12.3. The first-order valence-corrected chi connectivity index (χ1v) is 10.2. The van der Waals surface area contributed by atoms with E-state index in [0.717, 1.165) is 24.4 Å². The number of hydrogen-bond donors (Lipinski definition) is 1. The number of aromatic nitrogens is 1. The van der Waals surface area contributed by atoms with E-state index in [9.17, 15) is 4.79 Å². The van der Waals surface area contributed by atoms with Crippen LogP contribution in [-0.4, -0.2) is 29.7 Å². The minimum Gasteiger partial charge on any atom is -0.379 e. The first-order valence-electron chi connectivity index (χ1n) is 10.2. The summed E-state index contributed by atoms with van der Waals surface area (Å²) in [5, 5.41) is 2.97. The summed E-state index contributed by atoms with van der Waals surface area (Å²) in [5.41, 5.74) is 6.04. The zero-order valence-electron chi connectivity index (χ0n) is 17.0. The van der Waals surface area contributed by atoms with E-state index in [-0.39, 0.29) is 12.0 Å². The van der Waals surface area contributed by atoms with Gasteiger partial charge < -0.3 is 14.6 Å². The smallest absolute Gasteiger partial charge is 0.251 e. The molecule has 1 N–H and O–H groups in total. The third-order valence-corrected chi connectivity index (χ3v) is 5.26. The minimum absolute atomic E-state index is 0.0221. The maximum Gasteiger partial charge on any atom is 0.251 e. The van der Waals surface area contributed by atoms with Crippen LogP contribution >= 0.6 is 0 Å². The van der Waals surface area contributed by atoms with Gasteiger partial charge in [-0.05, 0) is 88.3 Å². The van der Waals surface area contributed by atoms with Gasteiger partial charge in [0.1, 0.15) is 0 Å². The fourth-order valence-corrected chi connectivity index (χ4v) is 3.88. The summed E-state index contributed by atoms with van der Waals surface area (Å²) < 4.78 is 7.85. The number of rotatable bonds is 7. The summed E-state index contributed by atoms with van der Waals surface area (Å²) in [6.45, 7) is 9.85. The van der Waals surface area contributed by atoms with Gasteiger partial charge in [-0.15, -0.1) is 0 Å². The Bertz CT molecular complexity index is 774. The molecule has 27 heavy (non-hydrogen) atoms. The van der Waals surface area contributed by atoms with Crippen molar-refractivity contribution in [3.63, 3.8) is 0 Å². The van der Waals surface area contributed by atoms with Crippen LogP contribution in [-0.2, 0) is 17.6 Å². The Morgan fingerprint density at radius 2 is 2.04 bits per heavy atom. The second-order valence-corrected chi connectivity index (χ2v) is 8.02. The van der Waals surface area contributed by atoms with Crippen LogP contribution in [0.1, 0.15) is 60.9 Å². The third kappa shape index (κ3) is 4.81. The minimum atomic E-state index is -0.0221. The van der Waals surface area contributed by atoms with E-state index in [0.29, 0.717) is 18.7 Å². The maximum atomic E-state index is 12.3. The molecule has 1 aromatic carbocycles. The molecule has 0 radical (unpaired) electrons. The van der Waals surface area contributed by atoms with Crippen LogP contribution in [0.15, 0.2) is 30.3 Å². The molecule has 1 heterocycles. The van der Waals surface area contributed by atoms with Gasteiger partial charge >= 0.3 is 0 Å².